The zero-order chi connectivity index (χ0) is 22.7. The van der Waals surface area contributed by atoms with E-state index in [1.807, 2.05) is 7.05 Å². The molecule has 1 N–H and O–H groups in total. The molecule has 0 amide bonds. The van der Waals surface area contributed by atoms with Crippen LogP contribution in [0.25, 0.3) is 11.6 Å². The maximum absolute atomic E-state index is 12.9. The maximum atomic E-state index is 12.9. The van der Waals surface area contributed by atoms with E-state index in [0.717, 1.165) is 69.2 Å². The van der Waals surface area contributed by atoms with Gasteiger partial charge in [-0.1, -0.05) is 30.1 Å². The minimum Gasteiger partial charge on any atom is -0.474 e. The fraction of sp³-hybridized carbons (Fsp3) is 0.667. The molecule has 0 aliphatic heterocycles. The normalized spacial score (nSPS) is 22.6. The number of ketones is 1. The highest BCUT2D eigenvalue weighted by molar-refractivity contribution is 6.29. The van der Waals surface area contributed by atoms with E-state index >= 15 is 0 Å². The summed E-state index contributed by atoms with van der Waals surface area (Å²) in [5, 5.41) is 7.86. The van der Waals surface area contributed by atoms with E-state index in [-0.39, 0.29) is 6.10 Å². The summed E-state index contributed by atoms with van der Waals surface area (Å²) in [6, 6.07) is 1.64. The van der Waals surface area contributed by atoms with Crippen molar-refractivity contribution in [3.63, 3.8) is 0 Å². The number of carbonyl (C=O) groups is 1. The first-order valence-corrected chi connectivity index (χ1v) is 12.2. The molecule has 7 nitrogen and oxygen atoms in total. The Morgan fingerprint density at radius 1 is 1.22 bits per heavy atom. The molecule has 2 heterocycles. The first-order valence-electron chi connectivity index (χ1n) is 11.8. The number of fused-ring (bicyclic) bond motifs is 2. The lowest BCUT2D eigenvalue weighted by Crippen LogP contribution is -2.41. The van der Waals surface area contributed by atoms with Crippen molar-refractivity contribution < 1.29 is 14.1 Å². The number of hydrogen-bond donors (Lipinski definition) is 1. The Balaban J connectivity index is 1.58. The molecule has 3 atom stereocenters. The third-order valence-corrected chi connectivity index (χ3v) is 7.33. The van der Waals surface area contributed by atoms with Gasteiger partial charge in [0.15, 0.2) is 0 Å². The predicted molar refractivity (Wildman–Crippen MR) is 123 cm³/mol. The molecular weight excluding hydrogens is 428 g/mol. The summed E-state index contributed by atoms with van der Waals surface area (Å²) in [4.78, 5) is 21.9. The van der Waals surface area contributed by atoms with Crippen LogP contribution in [0.5, 0.6) is 5.88 Å². The minimum absolute atomic E-state index is 0.0163. The van der Waals surface area contributed by atoms with E-state index in [1.165, 1.54) is 0 Å². The van der Waals surface area contributed by atoms with Crippen molar-refractivity contribution in [1.82, 2.24) is 20.4 Å². The van der Waals surface area contributed by atoms with Crippen LogP contribution in [0.15, 0.2) is 10.6 Å². The maximum Gasteiger partial charge on any atom is 0.218 e. The molecule has 1 spiro atoms. The Morgan fingerprint density at radius 2 is 2.03 bits per heavy atom. The lowest BCUT2D eigenvalue weighted by atomic mass is 9.64. The number of Topliss-reactive ketones (excluding diaryl/α,β-unsaturated/α-hetero) is 1. The lowest BCUT2D eigenvalue weighted by molar-refractivity contribution is -0.127. The van der Waals surface area contributed by atoms with Crippen molar-refractivity contribution in [3.05, 3.63) is 22.5 Å². The van der Waals surface area contributed by atoms with Crippen molar-refractivity contribution in [1.29, 1.82) is 0 Å². The molecule has 0 radical (unpaired) electrons. The number of nitrogens with zero attached hydrogens (tertiary/aromatic N) is 3. The van der Waals surface area contributed by atoms with Crippen LogP contribution >= 0.6 is 11.6 Å². The number of ether oxygens (including phenoxy) is 1. The quantitative estimate of drug-likeness (QED) is 0.442. The molecule has 1 saturated carbocycles. The largest absolute Gasteiger partial charge is 0.474 e. The number of nitrogens with one attached hydrogen (secondary N) is 1. The molecule has 8 heteroatoms. The van der Waals surface area contributed by atoms with Crippen LogP contribution in [0.2, 0.25) is 5.15 Å². The summed E-state index contributed by atoms with van der Waals surface area (Å²) in [5.41, 5.74) is 1.25. The standard InChI is InChI=1S/C24H33ClN4O3/c1-15(8-7-13-26-3)16(2)31-20-14-19(25)27-23(28-20)21-17-9-6-12-24(22(17)29-32-21)11-5-4-10-18(24)30/h14-16,26H,4-13H2,1-3H3/t15-,16-,24+/m0/s1. The third-order valence-electron chi connectivity index (χ3n) is 7.13. The fourth-order valence-electron chi connectivity index (χ4n) is 5.09. The molecule has 174 valence electrons. The second kappa shape index (κ2) is 9.87. The van der Waals surface area contributed by atoms with Crippen LogP contribution in [0.1, 0.15) is 76.5 Å². The number of halogens is 1. The van der Waals surface area contributed by atoms with E-state index in [1.54, 1.807) is 6.07 Å². The fourth-order valence-corrected chi connectivity index (χ4v) is 5.26. The molecule has 2 aliphatic carbocycles. The SMILES string of the molecule is CNCCC[C@H](C)[C@H](C)Oc1cc(Cl)nc(-c2onc3c2CCC[C@@]32CCCCC2=O)n1. The Bertz CT molecular complexity index is 963. The molecule has 0 unspecified atom stereocenters. The summed E-state index contributed by atoms with van der Waals surface area (Å²) in [7, 11) is 1.96. The Labute approximate surface area is 194 Å². The van der Waals surface area contributed by atoms with Crippen molar-refractivity contribution in [2.24, 2.45) is 5.92 Å². The van der Waals surface area contributed by atoms with Gasteiger partial charge in [-0.15, -0.1) is 0 Å². The molecule has 1 fully saturated rings. The van der Waals surface area contributed by atoms with Crippen molar-refractivity contribution in [2.45, 2.75) is 83.2 Å². The van der Waals surface area contributed by atoms with Gasteiger partial charge in [0.1, 0.15) is 22.7 Å². The monoisotopic (exact) mass is 460 g/mol. The molecule has 4 rings (SSSR count). The van der Waals surface area contributed by atoms with Gasteiger partial charge in [-0.2, -0.15) is 4.98 Å². The highest BCUT2D eigenvalue weighted by atomic mass is 35.5. The molecule has 0 aromatic carbocycles. The Hall–Kier alpha value is -1.99. The number of carbonyl (C=O) groups excluding carboxylic acids is 1. The van der Waals surface area contributed by atoms with Gasteiger partial charge in [-0.3, -0.25) is 4.79 Å². The van der Waals surface area contributed by atoms with Gasteiger partial charge in [-0.25, -0.2) is 4.98 Å². The number of aromatic nitrogens is 3. The lowest BCUT2D eigenvalue weighted by Gasteiger charge is -2.37. The average molecular weight is 461 g/mol. The topological polar surface area (TPSA) is 90.1 Å². The second-order valence-electron chi connectivity index (χ2n) is 9.30. The van der Waals surface area contributed by atoms with Crippen LogP contribution in [0.3, 0.4) is 0 Å². The van der Waals surface area contributed by atoms with E-state index < -0.39 is 5.41 Å². The average Bonchev–Trinajstić information content (AvgIpc) is 3.21. The summed E-state index contributed by atoms with van der Waals surface area (Å²) < 4.78 is 11.9. The van der Waals surface area contributed by atoms with Crippen molar-refractivity contribution in [3.8, 4) is 17.5 Å². The van der Waals surface area contributed by atoms with Gasteiger partial charge < -0.3 is 14.6 Å². The summed E-state index contributed by atoms with van der Waals surface area (Å²) >= 11 is 6.33. The summed E-state index contributed by atoms with van der Waals surface area (Å²) in [6.07, 6.45) is 8.18. The zero-order valence-electron chi connectivity index (χ0n) is 19.2. The first kappa shape index (κ1) is 23.2. The van der Waals surface area contributed by atoms with E-state index in [0.29, 0.717) is 40.7 Å². The first-order chi connectivity index (χ1) is 15.4. The van der Waals surface area contributed by atoms with Crippen LogP contribution in [0.4, 0.5) is 0 Å². The van der Waals surface area contributed by atoms with Crippen molar-refractivity contribution >= 4 is 17.4 Å². The van der Waals surface area contributed by atoms with Gasteiger partial charge >= 0.3 is 0 Å². The van der Waals surface area contributed by atoms with Gasteiger partial charge in [0.2, 0.25) is 17.5 Å². The highest BCUT2D eigenvalue weighted by Crippen LogP contribution is 2.47. The van der Waals surface area contributed by atoms with Crippen LogP contribution < -0.4 is 10.1 Å². The van der Waals surface area contributed by atoms with Crippen LogP contribution in [-0.2, 0) is 16.6 Å². The third kappa shape index (κ3) is 4.55. The summed E-state index contributed by atoms with van der Waals surface area (Å²) in [5.74, 6) is 1.98. The highest BCUT2D eigenvalue weighted by Gasteiger charge is 2.47. The van der Waals surface area contributed by atoms with Gasteiger partial charge in [0.05, 0.1) is 5.41 Å². The number of hydrogen-bond acceptors (Lipinski definition) is 7. The molecule has 32 heavy (non-hydrogen) atoms. The van der Waals surface area contributed by atoms with E-state index in [9.17, 15) is 4.79 Å². The molecule has 0 bridgehead atoms. The van der Waals surface area contributed by atoms with Crippen LogP contribution in [0, 0.1) is 5.92 Å². The second-order valence-corrected chi connectivity index (χ2v) is 9.69. The van der Waals surface area contributed by atoms with Gasteiger partial charge in [0.25, 0.3) is 0 Å². The smallest absolute Gasteiger partial charge is 0.218 e. The minimum atomic E-state index is -0.497. The predicted octanol–water partition coefficient (Wildman–Crippen LogP) is 4.91. The van der Waals surface area contributed by atoms with Crippen molar-refractivity contribution in [2.75, 3.05) is 13.6 Å². The molecule has 0 saturated heterocycles. The molecular formula is C24H33ClN4O3. The Kier molecular flexibility index (Phi) is 7.15. The molecule has 2 aromatic heterocycles. The molecule has 2 aromatic rings. The molecule has 2 aliphatic rings. The van der Waals surface area contributed by atoms with Gasteiger partial charge in [-0.05, 0) is 71.4 Å². The van der Waals surface area contributed by atoms with Gasteiger partial charge in [0, 0.05) is 18.1 Å². The van der Waals surface area contributed by atoms with E-state index in [2.05, 4.69) is 34.3 Å². The summed E-state index contributed by atoms with van der Waals surface area (Å²) in [6.45, 7) is 5.22. The Morgan fingerprint density at radius 3 is 2.81 bits per heavy atom. The number of rotatable bonds is 8. The van der Waals surface area contributed by atoms with Crippen LogP contribution in [-0.4, -0.2) is 40.6 Å². The van der Waals surface area contributed by atoms with E-state index in [4.69, 9.17) is 20.9 Å². The zero-order valence-corrected chi connectivity index (χ0v) is 20.0.